The Balaban J connectivity index is 0.00000147. The van der Waals surface area contributed by atoms with Crippen molar-refractivity contribution in [3.63, 3.8) is 0 Å². The van der Waals surface area contributed by atoms with Crippen LogP contribution < -0.4 is 6.15 Å². The van der Waals surface area contributed by atoms with E-state index in [1.54, 1.807) is 0 Å². The summed E-state index contributed by atoms with van der Waals surface area (Å²) in [7, 11) is 0. The number of aromatic nitrogens is 1. The minimum atomic E-state index is 0. The molecule has 3 aromatic rings. The number of aryl methyl sites for hydroxylation is 1. The van der Waals surface area contributed by atoms with E-state index in [4.69, 9.17) is 5.53 Å². The topological polar surface area (TPSA) is 88.7 Å². The lowest BCUT2D eigenvalue weighted by atomic mass is 10.2. The van der Waals surface area contributed by atoms with E-state index in [2.05, 4.69) is 63.1 Å². The summed E-state index contributed by atoms with van der Waals surface area (Å²) in [5, 5.41) is 6.16. The first-order chi connectivity index (χ1) is 9.42. The van der Waals surface area contributed by atoms with Crippen LogP contribution in [0.2, 0.25) is 0 Å². The molecule has 0 saturated heterocycles. The molecule has 0 aliphatic carbocycles. The van der Waals surface area contributed by atoms with Gasteiger partial charge in [0.2, 0.25) is 0 Å². The lowest BCUT2D eigenvalue weighted by Crippen LogP contribution is -1.98. The number of azide groups is 1. The van der Waals surface area contributed by atoms with Crippen LogP contribution in [0.5, 0.6) is 0 Å². The van der Waals surface area contributed by atoms with Gasteiger partial charge in [-0.1, -0.05) is 41.5 Å². The average molecular weight is 267 g/mol. The fourth-order valence-corrected chi connectivity index (χ4v) is 2.59. The van der Waals surface area contributed by atoms with Crippen LogP contribution in [0.25, 0.3) is 32.2 Å². The van der Waals surface area contributed by atoms with Gasteiger partial charge in [-0.05, 0) is 24.1 Å². The van der Waals surface area contributed by atoms with E-state index in [0.29, 0.717) is 6.54 Å². The summed E-state index contributed by atoms with van der Waals surface area (Å²) in [4.78, 5) is 2.79. The molecule has 102 valence electrons. The number of para-hydroxylation sites is 2. The van der Waals surface area contributed by atoms with Gasteiger partial charge in [-0.25, -0.2) is 0 Å². The summed E-state index contributed by atoms with van der Waals surface area (Å²) in [5.41, 5.74) is 10.8. The predicted octanol–water partition coefficient (Wildman–Crippen LogP) is 4.66. The average Bonchev–Trinajstić information content (AvgIpc) is 2.78. The summed E-state index contributed by atoms with van der Waals surface area (Å²) in [6.45, 7) is 1.41. The van der Waals surface area contributed by atoms with Gasteiger partial charge in [-0.15, -0.1) is 0 Å². The Bertz CT molecular complexity index is 715. The molecule has 0 saturated carbocycles. The van der Waals surface area contributed by atoms with Crippen molar-refractivity contribution < 1.29 is 0 Å². The van der Waals surface area contributed by atoms with Gasteiger partial charge in [0.25, 0.3) is 0 Å². The maximum Gasteiger partial charge on any atom is 0.0491 e. The number of hydrogen-bond acceptors (Lipinski definition) is 2. The molecule has 5 nitrogen and oxygen atoms in total. The second kappa shape index (κ2) is 6.10. The Morgan fingerprint density at radius 3 is 2.05 bits per heavy atom. The molecule has 0 aliphatic heterocycles. The van der Waals surface area contributed by atoms with Crippen LogP contribution in [0.15, 0.2) is 53.6 Å². The minimum Gasteiger partial charge on any atom is -0.344 e. The molecule has 2 aromatic carbocycles. The fraction of sp³-hybridized carbons (Fsp3) is 0.200. The van der Waals surface area contributed by atoms with Crippen molar-refractivity contribution in [2.45, 2.75) is 13.0 Å². The van der Waals surface area contributed by atoms with E-state index >= 15 is 0 Å². The SMILES string of the molecule is N.[N-]=[N+]=NCCCn1c2ccccc2c2ccccc21. The van der Waals surface area contributed by atoms with Crippen molar-refractivity contribution in [1.82, 2.24) is 10.7 Å². The third-order valence-corrected chi connectivity index (χ3v) is 3.38. The van der Waals surface area contributed by atoms with E-state index in [-0.39, 0.29) is 6.15 Å². The number of benzene rings is 2. The number of rotatable bonds is 4. The first-order valence-electron chi connectivity index (χ1n) is 6.38. The van der Waals surface area contributed by atoms with E-state index in [9.17, 15) is 0 Å². The van der Waals surface area contributed by atoms with Gasteiger partial charge in [-0.3, -0.25) is 0 Å². The number of fused-ring (bicyclic) bond motifs is 3. The Morgan fingerprint density at radius 2 is 1.50 bits per heavy atom. The molecule has 0 fully saturated rings. The highest BCUT2D eigenvalue weighted by Gasteiger charge is 2.08. The molecule has 5 heteroatoms. The molecule has 0 unspecified atom stereocenters. The van der Waals surface area contributed by atoms with E-state index in [0.717, 1.165) is 13.0 Å². The molecule has 0 spiro atoms. The predicted molar refractivity (Wildman–Crippen MR) is 83.1 cm³/mol. The molecule has 1 aromatic heterocycles. The Hall–Kier alpha value is -2.49. The second-order valence-electron chi connectivity index (χ2n) is 4.49. The maximum atomic E-state index is 8.32. The first-order valence-corrected chi connectivity index (χ1v) is 6.38. The molecule has 0 bridgehead atoms. The third kappa shape index (κ3) is 2.32. The van der Waals surface area contributed by atoms with Crippen molar-refractivity contribution in [2.24, 2.45) is 5.11 Å². The maximum absolute atomic E-state index is 8.32. The van der Waals surface area contributed by atoms with Crippen LogP contribution in [-0.4, -0.2) is 11.1 Å². The molecule has 20 heavy (non-hydrogen) atoms. The third-order valence-electron chi connectivity index (χ3n) is 3.38. The molecular weight excluding hydrogens is 250 g/mol. The van der Waals surface area contributed by atoms with Gasteiger partial charge < -0.3 is 10.7 Å². The molecule has 0 radical (unpaired) electrons. The van der Waals surface area contributed by atoms with Crippen molar-refractivity contribution in [3.05, 3.63) is 59.0 Å². The first kappa shape index (κ1) is 13.9. The van der Waals surface area contributed by atoms with Crippen molar-refractivity contribution in [3.8, 4) is 0 Å². The molecule has 0 atom stereocenters. The van der Waals surface area contributed by atoms with Gasteiger partial charge in [-0.2, -0.15) is 0 Å². The van der Waals surface area contributed by atoms with Gasteiger partial charge in [0.15, 0.2) is 0 Å². The quantitative estimate of drug-likeness (QED) is 0.317. The highest BCUT2D eigenvalue weighted by atomic mass is 15.1. The Morgan fingerprint density at radius 1 is 0.950 bits per heavy atom. The minimum absolute atomic E-state index is 0. The van der Waals surface area contributed by atoms with Gasteiger partial charge >= 0.3 is 0 Å². The van der Waals surface area contributed by atoms with Gasteiger partial charge in [0.1, 0.15) is 0 Å². The normalized spacial score (nSPS) is 10.2. The van der Waals surface area contributed by atoms with Crippen LogP contribution in [0.1, 0.15) is 6.42 Å². The van der Waals surface area contributed by atoms with Crippen molar-refractivity contribution in [1.29, 1.82) is 0 Å². The van der Waals surface area contributed by atoms with Crippen LogP contribution in [0.3, 0.4) is 0 Å². The molecule has 0 amide bonds. The summed E-state index contributed by atoms with van der Waals surface area (Å²) in [5.74, 6) is 0. The second-order valence-corrected chi connectivity index (χ2v) is 4.49. The zero-order valence-electron chi connectivity index (χ0n) is 11.2. The standard InChI is InChI=1S/C15H14N4.H3N/c16-18-17-10-5-11-19-14-8-3-1-6-12(14)13-7-2-4-9-15(13)19;/h1-4,6-9H,5,10-11H2;1H3. The Kier molecular flexibility index (Phi) is 4.25. The summed E-state index contributed by atoms with van der Waals surface area (Å²) in [6.07, 6.45) is 0.854. The molecule has 1 heterocycles. The summed E-state index contributed by atoms with van der Waals surface area (Å²) >= 11 is 0. The summed E-state index contributed by atoms with van der Waals surface area (Å²) < 4.78 is 2.30. The lowest BCUT2D eigenvalue weighted by molar-refractivity contribution is 0.685. The molecule has 3 N–H and O–H groups in total. The Labute approximate surface area is 117 Å². The number of nitrogens with zero attached hydrogens (tertiary/aromatic N) is 4. The van der Waals surface area contributed by atoms with Crippen molar-refractivity contribution in [2.75, 3.05) is 6.54 Å². The lowest BCUT2D eigenvalue weighted by Gasteiger charge is -2.05. The van der Waals surface area contributed by atoms with E-state index in [1.807, 2.05) is 0 Å². The smallest absolute Gasteiger partial charge is 0.0491 e. The van der Waals surface area contributed by atoms with E-state index < -0.39 is 0 Å². The molecule has 0 aliphatic rings. The van der Waals surface area contributed by atoms with E-state index in [1.165, 1.54) is 21.8 Å². The van der Waals surface area contributed by atoms with Crippen LogP contribution >= 0.6 is 0 Å². The molecular formula is C15H17N5. The monoisotopic (exact) mass is 267 g/mol. The summed E-state index contributed by atoms with van der Waals surface area (Å²) in [6, 6.07) is 16.9. The van der Waals surface area contributed by atoms with Gasteiger partial charge in [0, 0.05) is 39.8 Å². The van der Waals surface area contributed by atoms with Crippen LogP contribution in [0.4, 0.5) is 0 Å². The largest absolute Gasteiger partial charge is 0.344 e. The highest BCUT2D eigenvalue weighted by Crippen LogP contribution is 2.28. The number of hydrogen-bond donors (Lipinski definition) is 1. The fourth-order valence-electron chi connectivity index (χ4n) is 2.59. The van der Waals surface area contributed by atoms with Crippen LogP contribution in [0, 0.1) is 0 Å². The van der Waals surface area contributed by atoms with Crippen molar-refractivity contribution >= 4 is 21.8 Å². The zero-order chi connectivity index (χ0) is 13.1. The van der Waals surface area contributed by atoms with Crippen LogP contribution in [-0.2, 0) is 6.54 Å². The highest BCUT2D eigenvalue weighted by molar-refractivity contribution is 6.07. The molecule has 3 rings (SSSR count). The van der Waals surface area contributed by atoms with Gasteiger partial charge in [0.05, 0.1) is 0 Å². The zero-order valence-corrected chi connectivity index (χ0v) is 11.2.